The van der Waals surface area contributed by atoms with Gasteiger partial charge in [0.05, 0.1) is 23.8 Å². The molecular weight excluding hydrogens is 242 g/mol. The van der Waals surface area contributed by atoms with Crippen molar-refractivity contribution >= 4 is 17.0 Å². The maximum absolute atomic E-state index is 11.2. The lowest BCUT2D eigenvalue weighted by Gasteiger charge is -2.25. The third-order valence-corrected chi connectivity index (χ3v) is 3.99. The number of nitrogens with zero attached hydrogens (tertiary/aromatic N) is 3. The van der Waals surface area contributed by atoms with Crippen LogP contribution in [-0.4, -0.2) is 38.5 Å². The van der Waals surface area contributed by atoms with Gasteiger partial charge in [0, 0.05) is 11.9 Å². The van der Waals surface area contributed by atoms with Gasteiger partial charge in [-0.2, -0.15) is 5.10 Å². The largest absolute Gasteiger partial charge is 0.465 e. The summed E-state index contributed by atoms with van der Waals surface area (Å²) in [6, 6.07) is 8.21. The number of aromatic nitrogens is 2. The molecule has 1 saturated heterocycles. The minimum Gasteiger partial charge on any atom is -0.465 e. The summed E-state index contributed by atoms with van der Waals surface area (Å²) in [5.74, 6) is 0. The van der Waals surface area contributed by atoms with Crippen molar-refractivity contribution in [1.82, 2.24) is 14.7 Å². The Hall–Kier alpha value is -2.04. The number of hydrogen-bond acceptors (Lipinski definition) is 2. The Balaban J connectivity index is 2.00. The molecule has 1 aliphatic heterocycles. The first kappa shape index (κ1) is 12.0. The standard InChI is InChI=1S/C14H17N3O2/c1-2-11-13(7-8-16(11)14(18)19)17-12-6-4-3-5-10(12)9-15-17/h3-6,9,11,13H,2,7-8H2,1H3,(H,18,19). The number of hydrogen-bond donors (Lipinski definition) is 1. The molecule has 2 heterocycles. The molecule has 5 nitrogen and oxygen atoms in total. The Bertz CT molecular complexity index is 608. The molecule has 0 radical (unpaired) electrons. The molecule has 1 amide bonds. The van der Waals surface area contributed by atoms with Crippen molar-refractivity contribution < 1.29 is 9.90 Å². The fourth-order valence-electron chi connectivity index (χ4n) is 3.11. The number of carboxylic acid groups (broad SMARTS) is 1. The minimum absolute atomic E-state index is 0.0146. The summed E-state index contributed by atoms with van der Waals surface area (Å²) in [6.45, 7) is 2.62. The van der Waals surface area contributed by atoms with Gasteiger partial charge in [-0.3, -0.25) is 4.68 Å². The Morgan fingerprint density at radius 1 is 1.47 bits per heavy atom. The van der Waals surface area contributed by atoms with E-state index >= 15 is 0 Å². The van der Waals surface area contributed by atoms with E-state index < -0.39 is 6.09 Å². The Morgan fingerprint density at radius 2 is 2.26 bits per heavy atom. The zero-order valence-electron chi connectivity index (χ0n) is 10.9. The number of rotatable bonds is 2. The second-order valence-electron chi connectivity index (χ2n) is 4.96. The monoisotopic (exact) mass is 259 g/mol. The Kier molecular flexibility index (Phi) is 2.89. The Labute approximate surface area is 111 Å². The molecule has 2 aromatic rings. The molecule has 100 valence electrons. The molecule has 2 unspecified atom stereocenters. The van der Waals surface area contributed by atoms with Crippen molar-refractivity contribution in [3.63, 3.8) is 0 Å². The lowest BCUT2D eigenvalue weighted by Crippen LogP contribution is -2.37. The topological polar surface area (TPSA) is 58.4 Å². The van der Waals surface area contributed by atoms with E-state index in [1.54, 1.807) is 4.90 Å². The van der Waals surface area contributed by atoms with Crippen LogP contribution in [0.15, 0.2) is 30.5 Å². The summed E-state index contributed by atoms with van der Waals surface area (Å²) in [4.78, 5) is 12.8. The van der Waals surface area contributed by atoms with Crippen molar-refractivity contribution in [3.05, 3.63) is 30.5 Å². The molecule has 0 bridgehead atoms. The quantitative estimate of drug-likeness (QED) is 0.902. The van der Waals surface area contributed by atoms with Gasteiger partial charge in [0.2, 0.25) is 0 Å². The lowest BCUT2D eigenvalue weighted by atomic mass is 10.1. The number of amides is 1. The Morgan fingerprint density at radius 3 is 3.00 bits per heavy atom. The lowest BCUT2D eigenvalue weighted by molar-refractivity contribution is 0.133. The van der Waals surface area contributed by atoms with E-state index in [4.69, 9.17) is 0 Å². The fourth-order valence-corrected chi connectivity index (χ4v) is 3.11. The third kappa shape index (κ3) is 1.85. The van der Waals surface area contributed by atoms with Gasteiger partial charge in [0.15, 0.2) is 0 Å². The summed E-state index contributed by atoms with van der Waals surface area (Å²) in [7, 11) is 0. The van der Waals surface area contributed by atoms with E-state index in [1.807, 2.05) is 42.1 Å². The van der Waals surface area contributed by atoms with E-state index in [0.29, 0.717) is 6.54 Å². The van der Waals surface area contributed by atoms with E-state index in [-0.39, 0.29) is 12.1 Å². The van der Waals surface area contributed by atoms with Gasteiger partial charge in [-0.15, -0.1) is 0 Å². The molecule has 3 rings (SSSR count). The van der Waals surface area contributed by atoms with E-state index in [0.717, 1.165) is 23.7 Å². The van der Waals surface area contributed by atoms with Gasteiger partial charge in [0.1, 0.15) is 0 Å². The summed E-state index contributed by atoms with van der Waals surface area (Å²) in [5, 5.41) is 14.8. The van der Waals surface area contributed by atoms with Crippen molar-refractivity contribution in [2.45, 2.75) is 31.8 Å². The number of para-hydroxylation sites is 1. The molecule has 1 N–H and O–H groups in total. The molecule has 0 spiro atoms. The van der Waals surface area contributed by atoms with Crippen LogP contribution in [0.3, 0.4) is 0 Å². The zero-order valence-corrected chi connectivity index (χ0v) is 10.9. The summed E-state index contributed by atoms with van der Waals surface area (Å²) in [5.41, 5.74) is 1.08. The number of carbonyl (C=O) groups is 1. The molecule has 5 heteroatoms. The average molecular weight is 259 g/mol. The van der Waals surface area contributed by atoms with Gasteiger partial charge in [-0.25, -0.2) is 4.79 Å². The van der Waals surface area contributed by atoms with Crippen molar-refractivity contribution in [1.29, 1.82) is 0 Å². The molecule has 19 heavy (non-hydrogen) atoms. The average Bonchev–Trinajstić information content (AvgIpc) is 3.01. The second-order valence-corrected chi connectivity index (χ2v) is 4.96. The van der Waals surface area contributed by atoms with E-state index in [1.165, 1.54) is 0 Å². The molecule has 0 saturated carbocycles. The van der Waals surface area contributed by atoms with Crippen molar-refractivity contribution in [3.8, 4) is 0 Å². The molecular formula is C14H17N3O2. The van der Waals surface area contributed by atoms with Crippen LogP contribution in [0, 0.1) is 0 Å². The molecule has 2 atom stereocenters. The van der Waals surface area contributed by atoms with E-state index in [9.17, 15) is 9.90 Å². The predicted molar refractivity (Wildman–Crippen MR) is 72.2 cm³/mol. The summed E-state index contributed by atoms with van der Waals surface area (Å²) in [6.07, 6.45) is 2.67. The minimum atomic E-state index is -0.828. The third-order valence-electron chi connectivity index (χ3n) is 3.99. The predicted octanol–water partition coefficient (Wildman–Crippen LogP) is 2.74. The van der Waals surface area contributed by atoms with Gasteiger partial charge < -0.3 is 10.0 Å². The van der Waals surface area contributed by atoms with Crippen LogP contribution < -0.4 is 0 Å². The molecule has 1 aromatic heterocycles. The van der Waals surface area contributed by atoms with Gasteiger partial charge in [-0.05, 0) is 18.9 Å². The van der Waals surface area contributed by atoms with Crippen LogP contribution in [0.1, 0.15) is 25.8 Å². The van der Waals surface area contributed by atoms with Crippen molar-refractivity contribution in [2.24, 2.45) is 0 Å². The van der Waals surface area contributed by atoms with Crippen molar-refractivity contribution in [2.75, 3.05) is 6.54 Å². The van der Waals surface area contributed by atoms with Crippen LogP contribution in [-0.2, 0) is 0 Å². The molecule has 0 aliphatic carbocycles. The number of benzene rings is 1. The maximum Gasteiger partial charge on any atom is 0.407 e. The summed E-state index contributed by atoms with van der Waals surface area (Å²) < 4.78 is 1.99. The number of likely N-dealkylation sites (tertiary alicyclic amines) is 1. The zero-order chi connectivity index (χ0) is 13.4. The van der Waals surface area contributed by atoms with Gasteiger partial charge >= 0.3 is 6.09 Å². The van der Waals surface area contributed by atoms with Crippen LogP contribution in [0.2, 0.25) is 0 Å². The highest BCUT2D eigenvalue weighted by atomic mass is 16.4. The number of fused-ring (bicyclic) bond motifs is 1. The highest BCUT2D eigenvalue weighted by Gasteiger charge is 2.37. The first-order chi connectivity index (χ1) is 9.22. The van der Waals surface area contributed by atoms with Gasteiger partial charge in [0.25, 0.3) is 0 Å². The van der Waals surface area contributed by atoms with Crippen LogP contribution in [0.4, 0.5) is 4.79 Å². The summed E-state index contributed by atoms with van der Waals surface area (Å²) >= 11 is 0. The highest BCUT2D eigenvalue weighted by Crippen LogP contribution is 2.32. The van der Waals surface area contributed by atoms with Crippen LogP contribution in [0.25, 0.3) is 10.9 Å². The molecule has 1 aromatic carbocycles. The molecule has 1 aliphatic rings. The second kappa shape index (κ2) is 4.57. The maximum atomic E-state index is 11.2. The van der Waals surface area contributed by atoms with E-state index in [2.05, 4.69) is 5.10 Å². The fraction of sp³-hybridized carbons (Fsp3) is 0.429. The highest BCUT2D eigenvalue weighted by molar-refractivity contribution is 5.78. The smallest absolute Gasteiger partial charge is 0.407 e. The molecule has 1 fully saturated rings. The first-order valence-corrected chi connectivity index (χ1v) is 6.64. The van der Waals surface area contributed by atoms with Crippen LogP contribution >= 0.6 is 0 Å². The SMILES string of the molecule is CCC1C(n2ncc3ccccc32)CCN1C(=O)O. The van der Waals surface area contributed by atoms with Gasteiger partial charge in [-0.1, -0.05) is 25.1 Å². The van der Waals surface area contributed by atoms with Crippen LogP contribution in [0.5, 0.6) is 0 Å². The normalized spacial score (nSPS) is 23.1. The first-order valence-electron chi connectivity index (χ1n) is 6.64.